The number of aliphatic hydroxyl groups excluding tert-OH is 1. The highest BCUT2D eigenvalue weighted by atomic mass is 16.5. The molecule has 4 rings (SSSR count). The van der Waals surface area contributed by atoms with Crippen molar-refractivity contribution in [2.45, 2.75) is 18.6 Å². The Morgan fingerprint density at radius 1 is 1.25 bits per heavy atom. The standard InChI is InChI=1S/C18H16N2O4/c21-8-11-7-14-17(13-4-2-1-3-12(11)13)19-10-20(18(14)23)15-5-6-24-9-16(15)22/h1-4,7-8,10,15-16,22H,5-6,9H2/t15-,16-/m0/s1. The van der Waals surface area contributed by atoms with E-state index < -0.39 is 6.10 Å². The smallest absolute Gasteiger partial charge is 0.261 e. The third-order valence-corrected chi connectivity index (χ3v) is 4.60. The van der Waals surface area contributed by atoms with Gasteiger partial charge in [0.25, 0.3) is 5.56 Å². The van der Waals surface area contributed by atoms with Gasteiger partial charge in [0, 0.05) is 17.6 Å². The number of ether oxygens (including phenoxy) is 1. The molecule has 2 heterocycles. The Bertz CT molecular complexity index is 995. The first kappa shape index (κ1) is 15.0. The highest BCUT2D eigenvalue weighted by molar-refractivity contribution is 6.11. The lowest BCUT2D eigenvalue weighted by Gasteiger charge is -2.29. The van der Waals surface area contributed by atoms with Crippen LogP contribution in [0.3, 0.4) is 0 Å². The average molecular weight is 324 g/mol. The van der Waals surface area contributed by atoms with Gasteiger partial charge in [-0.05, 0) is 17.9 Å². The first-order valence-electron chi connectivity index (χ1n) is 7.84. The third kappa shape index (κ3) is 2.23. The average Bonchev–Trinajstić information content (AvgIpc) is 2.62. The van der Waals surface area contributed by atoms with Crippen LogP contribution in [0.15, 0.2) is 41.5 Å². The van der Waals surface area contributed by atoms with Gasteiger partial charge in [-0.2, -0.15) is 0 Å². The molecule has 3 aromatic rings. The maximum absolute atomic E-state index is 12.9. The molecule has 122 valence electrons. The summed E-state index contributed by atoms with van der Waals surface area (Å²) in [6, 6.07) is 8.61. The molecule has 0 radical (unpaired) electrons. The van der Waals surface area contributed by atoms with Crippen LogP contribution >= 0.6 is 0 Å². The predicted molar refractivity (Wildman–Crippen MR) is 89.4 cm³/mol. The van der Waals surface area contributed by atoms with E-state index in [1.165, 1.54) is 10.9 Å². The van der Waals surface area contributed by atoms with Crippen molar-refractivity contribution in [1.29, 1.82) is 0 Å². The van der Waals surface area contributed by atoms with Crippen LogP contribution in [-0.2, 0) is 4.74 Å². The number of carbonyl (C=O) groups excluding carboxylic acids is 1. The zero-order valence-corrected chi connectivity index (χ0v) is 12.9. The first-order valence-corrected chi connectivity index (χ1v) is 7.84. The Kier molecular flexibility index (Phi) is 3.63. The minimum Gasteiger partial charge on any atom is -0.389 e. The second-order valence-corrected chi connectivity index (χ2v) is 5.98. The number of benzene rings is 2. The van der Waals surface area contributed by atoms with Crippen LogP contribution in [0.25, 0.3) is 21.7 Å². The van der Waals surface area contributed by atoms with Crippen LogP contribution in [0.5, 0.6) is 0 Å². The molecule has 1 saturated heterocycles. The van der Waals surface area contributed by atoms with E-state index in [0.717, 1.165) is 17.1 Å². The number of aldehydes is 1. The van der Waals surface area contributed by atoms with E-state index in [9.17, 15) is 14.7 Å². The minimum atomic E-state index is -0.748. The maximum atomic E-state index is 12.9. The molecule has 1 aliphatic heterocycles. The maximum Gasteiger partial charge on any atom is 0.261 e. The molecule has 0 saturated carbocycles. The molecule has 0 spiro atoms. The van der Waals surface area contributed by atoms with E-state index >= 15 is 0 Å². The van der Waals surface area contributed by atoms with Gasteiger partial charge >= 0.3 is 0 Å². The van der Waals surface area contributed by atoms with E-state index in [0.29, 0.717) is 29.5 Å². The quantitative estimate of drug-likeness (QED) is 0.573. The van der Waals surface area contributed by atoms with Crippen LogP contribution in [-0.4, -0.2) is 40.3 Å². The van der Waals surface area contributed by atoms with Crippen molar-refractivity contribution in [3.63, 3.8) is 0 Å². The normalized spacial score (nSPS) is 21.2. The molecule has 1 N–H and O–H groups in total. The zero-order chi connectivity index (χ0) is 16.7. The number of carbonyl (C=O) groups is 1. The van der Waals surface area contributed by atoms with Gasteiger partial charge in [0.2, 0.25) is 0 Å². The van der Waals surface area contributed by atoms with Gasteiger partial charge < -0.3 is 9.84 Å². The monoisotopic (exact) mass is 324 g/mol. The number of rotatable bonds is 2. The van der Waals surface area contributed by atoms with Gasteiger partial charge in [0.1, 0.15) is 0 Å². The van der Waals surface area contributed by atoms with E-state index in [4.69, 9.17) is 4.74 Å². The van der Waals surface area contributed by atoms with E-state index in [1.807, 2.05) is 24.3 Å². The second kappa shape index (κ2) is 5.81. The second-order valence-electron chi connectivity index (χ2n) is 5.98. The van der Waals surface area contributed by atoms with Crippen LogP contribution in [0.4, 0.5) is 0 Å². The summed E-state index contributed by atoms with van der Waals surface area (Å²) >= 11 is 0. The highest BCUT2D eigenvalue weighted by Gasteiger charge is 2.27. The zero-order valence-electron chi connectivity index (χ0n) is 12.9. The van der Waals surface area contributed by atoms with Crippen molar-refractivity contribution < 1.29 is 14.6 Å². The lowest BCUT2D eigenvalue weighted by molar-refractivity contribution is -0.0395. The molecule has 1 aromatic heterocycles. The summed E-state index contributed by atoms with van der Waals surface area (Å²) in [6.07, 6.45) is 2.03. The number of aromatic nitrogens is 2. The molecule has 0 amide bonds. The van der Waals surface area contributed by atoms with Gasteiger partial charge in [-0.1, -0.05) is 24.3 Å². The first-order chi connectivity index (χ1) is 11.7. The molecule has 6 heteroatoms. The largest absolute Gasteiger partial charge is 0.389 e. The number of hydrogen-bond donors (Lipinski definition) is 1. The molecule has 24 heavy (non-hydrogen) atoms. The molecule has 1 fully saturated rings. The SMILES string of the molecule is O=Cc1cc2c(=O)n([C@H]3CCOC[C@@H]3O)cnc2c2ccccc12. The van der Waals surface area contributed by atoms with Crippen LogP contribution in [0.1, 0.15) is 22.8 Å². The van der Waals surface area contributed by atoms with Crippen molar-refractivity contribution in [2.24, 2.45) is 0 Å². The molecule has 6 nitrogen and oxygen atoms in total. The van der Waals surface area contributed by atoms with Gasteiger partial charge in [-0.15, -0.1) is 0 Å². The fourth-order valence-electron chi connectivity index (χ4n) is 3.37. The number of fused-ring (bicyclic) bond motifs is 3. The van der Waals surface area contributed by atoms with Crippen LogP contribution < -0.4 is 5.56 Å². The Balaban J connectivity index is 2.01. The molecule has 0 bridgehead atoms. The Labute approximate surface area is 137 Å². The summed E-state index contributed by atoms with van der Waals surface area (Å²) in [5.74, 6) is 0. The predicted octanol–water partition coefficient (Wildman–Crippen LogP) is 1.68. The summed E-state index contributed by atoms with van der Waals surface area (Å²) in [4.78, 5) is 28.8. The molecule has 2 atom stereocenters. The topological polar surface area (TPSA) is 81.4 Å². The fraction of sp³-hybridized carbons (Fsp3) is 0.278. The molecule has 1 aliphatic rings. The highest BCUT2D eigenvalue weighted by Crippen LogP contribution is 2.26. The van der Waals surface area contributed by atoms with Crippen molar-refractivity contribution in [2.75, 3.05) is 13.2 Å². The molecule has 0 aliphatic carbocycles. The molecular formula is C18H16N2O4. The number of hydrogen-bond acceptors (Lipinski definition) is 5. The summed E-state index contributed by atoms with van der Waals surface area (Å²) in [5, 5.41) is 12.1. The summed E-state index contributed by atoms with van der Waals surface area (Å²) in [6.45, 7) is 0.690. The lowest BCUT2D eigenvalue weighted by Crippen LogP contribution is -2.39. The van der Waals surface area contributed by atoms with Crippen molar-refractivity contribution >= 4 is 28.0 Å². The van der Waals surface area contributed by atoms with Crippen LogP contribution in [0.2, 0.25) is 0 Å². The fourth-order valence-corrected chi connectivity index (χ4v) is 3.37. The van der Waals surface area contributed by atoms with Gasteiger partial charge in [-0.3, -0.25) is 14.2 Å². The Hall–Kier alpha value is -2.57. The van der Waals surface area contributed by atoms with Crippen LogP contribution in [0, 0.1) is 0 Å². The van der Waals surface area contributed by atoms with Crippen molar-refractivity contribution in [3.05, 3.63) is 52.6 Å². The van der Waals surface area contributed by atoms with E-state index in [2.05, 4.69) is 4.98 Å². The van der Waals surface area contributed by atoms with Gasteiger partial charge in [0.05, 0.1) is 36.0 Å². The summed E-state index contributed by atoms with van der Waals surface area (Å²) < 4.78 is 6.68. The summed E-state index contributed by atoms with van der Waals surface area (Å²) in [5.41, 5.74) is 0.779. The van der Waals surface area contributed by atoms with Gasteiger partial charge in [-0.25, -0.2) is 4.98 Å². The van der Waals surface area contributed by atoms with Crippen molar-refractivity contribution in [3.8, 4) is 0 Å². The molecular weight excluding hydrogens is 308 g/mol. The van der Waals surface area contributed by atoms with Crippen molar-refractivity contribution in [1.82, 2.24) is 9.55 Å². The lowest BCUT2D eigenvalue weighted by atomic mass is 10.0. The number of nitrogens with zero attached hydrogens (tertiary/aromatic N) is 2. The third-order valence-electron chi connectivity index (χ3n) is 4.60. The number of aliphatic hydroxyl groups is 1. The van der Waals surface area contributed by atoms with Gasteiger partial charge in [0.15, 0.2) is 6.29 Å². The Morgan fingerprint density at radius 3 is 2.79 bits per heavy atom. The minimum absolute atomic E-state index is 0.201. The van der Waals surface area contributed by atoms with E-state index in [-0.39, 0.29) is 18.2 Å². The Morgan fingerprint density at radius 2 is 2.04 bits per heavy atom. The van der Waals surface area contributed by atoms with E-state index in [1.54, 1.807) is 6.07 Å². The molecule has 0 unspecified atom stereocenters. The summed E-state index contributed by atoms with van der Waals surface area (Å²) in [7, 11) is 0. The molecule has 2 aromatic carbocycles.